The van der Waals surface area contributed by atoms with Crippen molar-refractivity contribution >= 4 is 47.6 Å². The number of halogens is 1. The van der Waals surface area contributed by atoms with Gasteiger partial charge in [0.1, 0.15) is 0 Å². The molecule has 5 nitrogen and oxygen atoms in total. The highest BCUT2D eigenvalue weighted by Gasteiger charge is 2.16. The highest BCUT2D eigenvalue weighted by Crippen LogP contribution is 2.25. The Kier molecular flexibility index (Phi) is 9.61. The summed E-state index contributed by atoms with van der Waals surface area (Å²) in [5.41, 5.74) is -0.198. The zero-order chi connectivity index (χ0) is 14.3. The SMILES string of the molecule is CN=C(NCC(=O)NC(C)(C)C)NCC1CCCS1.I. The van der Waals surface area contributed by atoms with Crippen LogP contribution in [-0.4, -0.2) is 48.5 Å². The van der Waals surface area contributed by atoms with Crippen molar-refractivity contribution in [3.63, 3.8) is 0 Å². The average molecular weight is 414 g/mol. The second kappa shape index (κ2) is 9.70. The Hall–Kier alpha value is -0.180. The molecule has 0 aromatic carbocycles. The summed E-state index contributed by atoms with van der Waals surface area (Å²) in [4.78, 5) is 15.8. The maximum absolute atomic E-state index is 11.7. The lowest BCUT2D eigenvalue weighted by Gasteiger charge is -2.21. The monoisotopic (exact) mass is 414 g/mol. The molecule has 0 saturated carbocycles. The van der Waals surface area contributed by atoms with Crippen molar-refractivity contribution in [1.82, 2.24) is 16.0 Å². The molecule has 20 heavy (non-hydrogen) atoms. The minimum absolute atomic E-state index is 0. The first-order chi connectivity index (χ1) is 8.90. The van der Waals surface area contributed by atoms with E-state index in [1.165, 1.54) is 18.6 Å². The van der Waals surface area contributed by atoms with Gasteiger partial charge in [0.15, 0.2) is 5.96 Å². The maximum Gasteiger partial charge on any atom is 0.239 e. The van der Waals surface area contributed by atoms with Crippen molar-refractivity contribution in [2.75, 3.05) is 25.9 Å². The van der Waals surface area contributed by atoms with Gasteiger partial charge in [-0.2, -0.15) is 11.8 Å². The standard InChI is InChI=1S/C13H26N4OS.HI/c1-13(2,3)17-11(18)9-16-12(14-4)15-8-10-6-5-7-19-10;/h10H,5-9H2,1-4H3,(H,17,18)(H2,14,15,16);1H. The number of hydrogen-bond acceptors (Lipinski definition) is 3. The number of carbonyl (C=O) groups is 1. The van der Waals surface area contributed by atoms with E-state index in [1.54, 1.807) is 7.05 Å². The van der Waals surface area contributed by atoms with Gasteiger partial charge in [0.05, 0.1) is 6.54 Å². The number of carbonyl (C=O) groups excluding carboxylic acids is 1. The Bertz CT molecular complexity index is 325. The van der Waals surface area contributed by atoms with E-state index in [2.05, 4.69) is 20.9 Å². The van der Waals surface area contributed by atoms with Crippen molar-refractivity contribution in [3.8, 4) is 0 Å². The summed E-state index contributed by atoms with van der Waals surface area (Å²) >= 11 is 2.00. The van der Waals surface area contributed by atoms with Crippen LogP contribution in [0, 0.1) is 0 Å². The molecule has 0 radical (unpaired) electrons. The lowest BCUT2D eigenvalue weighted by atomic mass is 10.1. The van der Waals surface area contributed by atoms with E-state index in [1.807, 2.05) is 32.5 Å². The summed E-state index contributed by atoms with van der Waals surface area (Å²) in [5, 5.41) is 9.88. The molecule has 1 fully saturated rings. The molecule has 0 aromatic rings. The molecule has 1 aliphatic rings. The molecule has 1 unspecified atom stereocenters. The molecule has 7 heteroatoms. The highest BCUT2D eigenvalue weighted by molar-refractivity contribution is 14.0. The van der Waals surface area contributed by atoms with E-state index >= 15 is 0 Å². The molecular weight excluding hydrogens is 387 g/mol. The zero-order valence-corrected chi connectivity index (χ0v) is 15.9. The van der Waals surface area contributed by atoms with Crippen LogP contribution in [0.5, 0.6) is 0 Å². The van der Waals surface area contributed by atoms with Crippen LogP contribution >= 0.6 is 35.7 Å². The second-order valence-electron chi connectivity index (χ2n) is 5.74. The van der Waals surface area contributed by atoms with Gasteiger partial charge >= 0.3 is 0 Å². The highest BCUT2D eigenvalue weighted by atomic mass is 127. The largest absolute Gasteiger partial charge is 0.355 e. The summed E-state index contributed by atoms with van der Waals surface area (Å²) in [5.74, 6) is 1.93. The van der Waals surface area contributed by atoms with Crippen LogP contribution < -0.4 is 16.0 Å². The smallest absolute Gasteiger partial charge is 0.239 e. The molecule has 1 rings (SSSR count). The van der Waals surface area contributed by atoms with Crippen molar-refractivity contribution in [2.45, 2.75) is 44.4 Å². The normalized spacial score (nSPS) is 19.2. The third-order valence-corrected chi connectivity index (χ3v) is 4.07. The molecule has 0 aromatic heterocycles. The Morgan fingerprint density at radius 2 is 2.05 bits per heavy atom. The molecule has 1 amide bonds. The number of aliphatic imine (C=N–C) groups is 1. The van der Waals surface area contributed by atoms with Crippen molar-refractivity contribution in [1.29, 1.82) is 0 Å². The van der Waals surface area contributed by atoms with Gasteiger partial charge in [-0.15, -0.1) is 24.0 Å². The van der Waals surface area contributed by atoms with Crippen LogP contribution in [0.2, 0.25) is 0 Å². The van der Waals surface area contributed by atoms with Gasteiger partial charge in [-0.3, -0.25) is 9.79 Å². The molecule has 3 N–H and O–H groups in total. The topological polar surface area (TPSA) is 65.5 Å². The minimum atomic E-state index is -0.198. The molecule has 0 aliphatic carbocycles. The van der Waals surface area contributed by atoms with E-state index in [4.69, 9.17) is 0 Å². The molecule has 1 aliphatic heterocycles. The first kappa shape index (κ1) is 19.8. The predicted molar refractivity (Wildman–Crippen MR) is 98.2 cm³/mol. The van der Waals surface area contributed by atoms with Gasteiger partial charge in [-0.25, -0.2) is 0 Å². The Labute approximate surface area is 143 Å². The summed E-state index contributed by atoms with van der Waals surface area (Å²) in [6.45, 7) is 7.06. The van der Waals surface area contributed by atoms with Crippen molar-refractivity contribution in [3.05, 3.63) is 0 Å². The van der Waals surface area contributed by atoms with E-state index in [0.29, 0.717) is 11.2 Å². The molecule has 1 saturated heterocycles. The predicted octanol–water partition coefficient (Wildman–Crippen LogP) is 1.58. The first-order valence-corrected chi connectivity index (χ1v) is 7.83. The average Bonchev–Trinajstić information content (AvgIpc) is 2.80. The summed E-state index contributed by atoms with van der Waals surface area (Å²) in [6.07, 6.45) is 2.57. The van der Waals surface area contributed by atoms with E-state index in [0.717, 1.165) is 6.54 Å². The van der Waals surface area contributed by atoms with E-state index < -0.39 is 0 Å². The number of hydrogen-bond donors (Lipinski definition) is 3. The molecule has 1 heterocycles. The fourth-order valence-electron chi connectivity index (χ4n) is 1.86. The minimum Gasteiger partial charge on any atom is -0.355 e. The fraction of sp³-hybridized carbons (Fsp3) is 0.846. The van der Waals surface area contributed by atoms with Crippen LogP contribution in [0.1, 0.15) is 33.6 Å². The molecule has 118 valence electrons. The number of rotatable bonds is 4. The first-order valence-electron chi connectivity index (χ1n) is 6.78. The van der Waals surface area contributed by atoms with Crippen LogP contribution in [-0.2, 0) is 4.79 Å². The fourth-order valence-corrected chi connectivity index (χ4v) is 3.06. The number of thioether (sulfide) groups is 1. The van der Waals surface area contributed by atoms with Crippen LogP contribution in [0.15, 0.2) is 4.99 Å². The Balaban J connectivity index is 0.00000361. The van der Waals surface area contributed by atoms with Crippen LogP contribution in [0.3, 0.4) is 0 Å². The Morgan fingerprint density at radius 3 is 2.55 bits per heavy atom. The van der Waals surface area contributed by atoms with Crippen molar-refractivity contribution < 1.29 is 4.79 Å². The van der Waals surface area contributed by atoms with E-state index in [-0.39, 0.29) is 42.0 Å². The lowest BCUT2D eigenvalue weighted by Crippen LogP contribution is -2.48. The number of amides is 1. The second-order valence-corrected chi connectivity index (χ2v) is 7.15. The van der Waals surface area contributed by atoms with Crippen molar-refractivity contribution in [2.24, 2.45) is 4.99 Å². The van der Waals surface area contributed by atoms with Crippen LogP contribution in [0.4, 0.5) is 0 Å². The van der Waals surface area contributed by atoms with Crippen LogP contribution in [0.25, 0.3) is 0 Å². The third kappa shape index (κ3) is 8.89. The molecule has 0 bridgehead atoms. The van der Waals surface area contributed by atoms with Gasteiger partial charge in [0.25, 0.3) is 0 Å². The molecule has 1 atom stereocenters. The van der Waals surface area contributed by atoms with Gasteiger partial charge < -0.3 is 16.0 Å². The van der Waals surface area contributed by atoms with Gasteiger partial charge in [-0.1, -0.05) is 0 Å². The number of nitrogens with zero attached hydrogens (tertiary/aromatic N) is 1. The summed E-state index contributed by atoms with van der Waals surface area (Å²) < 4.78 is 0. The summed E-state index contributed by atoms with van der Waals surface area (Å²) in [7, 11) is 1.72. The third-order valence-electron chi connectivity index (χ3n) is 2.68. The van der Waals surface area contributed by atoms with Gasteiger partial charge in [0, 0.05) is 24.4 Å². The molecule has 0 spiro atoms. The van der Waals surface area contributed by atoms with Gasteiger partial charge in [-0.05, 0) is 39.4 Å². The molecular formula is C13H27IN4OS. The lowest BCUT2D eigenvalue weighted by molar-refractivity contribution is -0.121. The number of guanidine groups is 1. The van der Waals surface area contributed by atoms with E-state index in [9.17, 15) is 4.79 Å². The number of nitrogens with one attached hydrogen (secondary N) is 3. The maximum atomic E-state index is 11.7. The van der Waals surface area contributed by atoms with Gasteiger partial charge in [0.2, 0.25) is 5.91 Å². The Morgan fingerprint density at radius 1 is 1.35 bits per heavy atom. The summed E-state index contributed by atoms with van der Waals surface area (Å²) in [6, 6.07) is 0. The zero-order valence-electron chi connectivity index (χ0n) is 12.8. The quantitative estimate of drug-likeness (QED) is 0.371.